The summed E-state index contributed by atoms with van der Waals surface area (Å²) in [7, 11) is 1.69. The molecular weight excluding hydrogens is 248 g/mol. The summed E-state index contributed by atoms with van der Waals surface area (Å²) in [6, 6.07) is 0. The summed E-state index contributed by atoms with van der Waals surface area (Å²) >= 11 is 0. The van der Waals surface area contributed by atoms with Crippen LogP contribution in [-0.2, 0) is 14.3 Å². The predicted octanol–water partition coefficient (Wildman–Crippen LogP) is 1.78. The Kier molecular flexibility index (Phi) is 6.62. The fraction of sp³-hybridized carbons (Fsp3) is 0.917. The van der Waals surface area contributed by atoms with Crippen molar-refractivity contribution in [2.45, 2.75) is 44.2 Å². The van der Waals surface area contributed by atoms with Crippen molar-refractivity contribution in [1.29, 1.82) is 0 Å². The van der Waals surface area contributed by atoms with Gasteiger partial charge in [-0.15, -0.1) is 0 Å². The van der Waals surface area contributed by atoms with Crippen LogP contribution in [0.5, 0.6) is 0 Å². The Labute approximate surface area is 113 Å². The van der Waals surface area contributed by atoms with Crippen LogP contribution < -0.4 is 5.32 Å². The summed E-state index contributed by atoms with van der Waals surface area (Å²) in [5, 5.41) is 6.67. The molecule has 0 radical (unpaired) electrons. The number of nitrogens with zero attached hydrogens (tertiary/aromatic N) is 3. The van der Waals surface area contributed by atoms with E-state index in [0.717, 1.165) is 12.8 Å². The van der Waals surface area contributed by atoms with Gasteiger partial charge in [-0.1, -0.05) is 5.11 Å². The average molecular weight is 270 g/mol. The van der Waals surface area contributed by atoms with Crippen LogP contribution in [0.4, 0.5) is 0 Å². The van der Waals surface area contributed by atoms with Crippen LogP contribution in [0.3, 0.4) is 0 Å². The van der Waals surface area contributed by atoms with E-state index in [1.807, 2.05) is 0 Å². The molecule has 0 aromatic rings. The van der Waals surface area contributed by atoms with Crippen LogP contribution in [-0.4, -0.2) is 44.4 Å². The standard InChI is InChI=1S/C12H22N4O3/c1-3-19-11(17)12(14-8-9-15-16-13)6-4-10(18-2)5-7-12/h10,14H,3-9H2,1-2H3. The predicted molar refractivity (Wildman–Crippen MR) is 70.6 cm³/mol. The Bertz CT molecular complexity index is 334. The maximum atomic E-state index is 12.1. The molecule has 0 aliphatic heterocycles. The minimum atomic E-state index is -0.657. The lowest BCUT2D eigenvalue weighted by atomic mass is 9.80. The van der Waals surface area contributed by atoms with Crippen molar-refractivity contribution in [1.82, 2.24) is 5.32 Å². The second-order valence-corrected chi connectivity index (χ2v) is 4.62. The molecule has 0 aromatic carbocycles. The van der Waals surface area contributed by atoms with Crippen molar-refractivity contribution in [2.24, 2.45) is 5.11 Å². The van der Waals surface area contributed by atoms with Gasteiger partial charge >= 0.3 is 5.97 Å². The number of azide groups is 1. The van der Waals surface area contributed by atoms with Gasteiger partial charge in [-0.3, -0.25) is 4.79 Å². The molecule has 1 N–H and O–H groups in total. The van der Waals surface area contributed by atoms with Gasteiger partial charge in [-0.2, -0.15) is 0 Å². The first-order chi connectivity index (χ1) is 9.18. The van der Waals surface area contributed by atoms with E-state index < -0.39 is 5.54 Å². The lowest BCUT2D eigenvalue weighted by molar-refractivity contribution is -0.154. The van der Waals surface area contributed by atoms with Crippen molar-refractivity contribution in [3.63, 3.8) is 0 Å². The molecule has 1 rings (SSSR count). The second kappa shape index (κ2) is 7.99. The molecule has 0 bridgehead atoms. The van der Waals surface area contributed by atoms with Crippen LogP contribution in [0.15, 0.2) is 5.11 Å². The summed E-state index contributed by atoms with van der Waals surface area (Å²) in [4.78, 5) is 14.8. The average Bonchev–Trinajstić information content (AvgIpc) is 2.44. The molecule has 1 saturated carbocycles. The smallest absolute Gasteiger partial charge is 0.326 e. The monoisotopic (exact) mass is 270 g/mol. The first kappa shape index (κ1) is 15.8. The third kappa shape index (κ3) is 4.38. The highest BCUT2D eigenvalue weighted by atomic mass is 16.5. The molecule has 7 nitrogen and oxygen atoms in total. The summed E-state index contributed by atoms with van der Waals surface area (Å²) in [5.74, 6) is -0.217. The highest BCUT2D eigenvalue weighted by molar-refractivity contribution is 5.81. The topological polar surface area (TPSA) is 96.3 Å². The van der Waals surface area contributed by atoms with Gasteiger partial charge in [-0.25, -0.2) is 0 Å². The SMILES string of the molecule is CCOC(=O)C1(NCCN=[N+]=[N-])CCC(OC)CC1. The minimum absolute atomic E-state index is 0.210. The first-order valence-corrected chi connectivity index (χ1v) is 6.64. The van der Waals surface area contributed by atoms with E-state index in [4.69, 9.17) is 15.0 Å². The normalized spacial score (nSPS) is 26.5. The Morgan fingerprint density at radius 3 is 2.74 bits per heavy atom. The summed E-state index contributed by atoms with van der Waals surface area (Å²) < 4.78 is 10.5. The molecule has 108 valence electrons. The number of ether oxygens (including phenoxy) is 2. The van der Waals surface area contributed by atoms with Gasteiger partial charge in [0.05, 0.1) is 12.7 Å². The van der Waals surface area contributed by atoms with Crippen LogP contribution in [0.2, 0.25) is 0 Å². The summed E-state index contributed by atoms with van der Waals surface area (Å²) in [5.41, 5.74) is 7.59. The minimum Gasteiger partial charge on any atom is -0.465 e. The summed E-state index contributed by atoms with van der Waals surface area (Å²) in [6.45, 7) is 2.96. The molecular formula is C12H22N4O3. The lowest BCUT2D eigenvalue weighted by Crippen LogP contribution is -2.56. The van der Waals surface area contributed by atoms with Gasteiger partial charge in [0, 0.05) is 25.1 Å². The van der Waals surface area contributed by atoms with E-state index in [1.54, 1.807) is 14.0 Å². The Hall–Kier alpha value is -1.30. The third-order valence-corrected chi connectivity index (χ3v) is 3.52. The number of hydrogen-bond donors (Lipinski definition) is 1. The van der Waals surface area contributed by atoms with E-state index in [1.165, 1.54) is 0 Å². The van der Waals surface area contributed by atoms with Crippen LogP contribution in [0, 0.1) is 0 Å². The van der Waals surface area contributed by atoms with Crippen LogP contribution in [0.25, 0.3) is 10.4 Å². The molecule has 0 heterocycles. The van der Waals surface area contributed by atoms with Crippen molar-refractivity contribution in [2.75, 3.05) is 26.8 Å². The van der Waals surface area contributed by atoms with E-state index in [-0.39, 0.29) is 12.1 Å². The fourth-order valence-electron chi connectivity index (χ4n) is 2.43. The van der Waals surface area contributed by atoms with Crippen LogP contribution in [0.1, 0.15) is 32.6 Å². The first-order valence-electron chi connectivity index (χ1n) is 6.64. The molecule has 0 atom stereocenters. The van der Waals surface area contributed by atoms with Gasteiger partial charge in [-0.05, 0) is 38.1 Å². The molecule has 19 heavy (non-hydrogen) atoms. The van der Waals surface area contributed by atoms with Gasteiger partial charge in [0.25, 0.3) is 0 Å². The van der Waals surface area contributed by atoms with Crippen molar-refractivity contribution in [3.8, 4) is 0 Å². The molecule has 0 spiro atoms. The molecule has 1 fully saturated rings. The largest absolute Gasteiger partial charge is 0.465 e. The Morgan fingerprint density at radius 2 is 2.21 bits per heavy atom. The van der Waals surface area contributed by atoms with Gasteiger partial charge < -0.3 is 14.8 Å². The molecule has 0 amide bonds. The van der Waals surface area contributed by atoms with E-state index in [9.17, 15) is 4.79 Å². The zero-order valence-corrected chi connectivity index (χ0v) is 11.6. The van der Waals surface area contributed by atoms with Crippen molar-refractivity contribution < 1.29 is 14.3 Å². The number of hydrogen-bond acceptors (Lipinski definition) is 5. The number of rotatable bonds is 7. The van der Waals surface area contributed by atoms with Gasteiger partial charge in [0.2, 0.25) is 0 Å². The van der Waals surface area contributed by atoms with Crippen molar-refractivity contribution >= 4 is 5.97 Å². The molecule has 0 saturated heterocycles. The number of esters is 1. The molecule has 0 unspecified atom stereocenters. The molecule has 7 heteroatoms. The number of nitrogens with one attached hydrogen (secondary N) is 1. The Morgan fingerprint density at radius 1 is 1.53 bits per heavy atom. The van der Waals surface area contributed by atoms with Crippen molar-refractivity contribution in [3.05, 3.63) is 10.4 Å². The van der Waals surface area contributed by atoms with E-state index in [0.29, 0.717) is 32.5 Å². The van der Waals surface area contributed by atoms with E-state index in [2.05, 4.69) is 15.3 Å². The lowest BCUT2D eigenvalue weighted by Gasteiger charge is -2.38. The maximum Gasteiger partial charge on any atom is 0.326 e. The highest BCUT2D eigenvalue weighted by Crippen LogP contribution is 2.31. The molecule has 1 aliphatic carbocycles. The Balaban J connectivity index is 2.63. The van der Waals surface area contributed by atoms with Crippen LogP contribution >= 0.6 is 0 Å². The number of methoxy groups -OCH3 is 1. The number of carbonyl (C=O) groups excluding carboxylic acids is 1. The quantitative estimate of drug-likeness (QED) is 0.251. The fourth-order valence-corrected chi connectivity index (χ4v) is 2.43. The van der Waals surface area contributed by atoms with Gasteiger partial charge in [0.1, 0.15) is 5.54 Å². The zero-order chi connectivity index (χ0) is 14.1. The third-order valence-electron chi connectivity index (χ3n) is 3.52. The number of carbonyl (C=O) groups is 1. The highest BCUT2D eigenvalue weighted by Gasteiger charge is 2.42. The summed E-state index contributed by atoms with van der Waals surface area (Å²) in [6.07, 6.45) is 3.22. The zero-order valence-electron chi connectivity index (χ0n) is 11.6. The molecule has 0 aromatic heterocycles. The maximum absolute atomic E-state index is 12.1. The van der Waals surface area contributed by atoms with E-state index >= 15 is 0 Å². The van der Waals surface area contributed by atoms with Gasteiger partial charge in [0.15, 0.2) is 0 Å². The molecule has 1 aliphatic rings. The second-order valence-electron chi connectivity index (χ2n) is 4.62.